The molecule has 34 heavy (non-hydrogen) atoms. The molecule has 0 saturated carbocycles. The Morgan fingerprint density at radius 1 is 1.00 bits per heavy atom. The molecule has 0 atom stereocenters. The van der Waals surface area contributed by atoms with E-state index < -0.39 is 0 Å². The van der Waals surface area contributed by atoms with E-state index in [2.05, 4.69) is 27.3 Å². The third-order valence-electron chi connectivity index (χ3n) is 5.16. The van der Waals surface area contributed by atoms with E-state index in [-0.39, 0.29) is 5.91 Å². The van der Waals surface area contributed by atoms with E-state index in [4.69, 9.17) is 4.74 Å². The molecule has 4 rings (SSSR count). The number of benzene rings is 2. The fraction of sp³-hybridized carbons (Fsp3) is 0.0345. The number of anilines is 1. The number of fused-ring (bicyclic) bond motifs is 1. The summed E-state index contributed by atoms with van der Waals surface area (Å²) < 4.78 is 7.74. The molecule has 2 heterocycles. The number of allylic oxidation sites excluding steroid dienone is 5. The molecule has 4 aromatic rings. The van der Waals surface area contributed by atoms with E-state index in [1.165, 1.54) is 6.08 Å². The Hall–Kier alpha value is -4.64. The normalized spacial score (nSPS) is 11.6. The minimum Gasteiger partial charge on any atom is -0.465 e. The summed E-state index contributed by atoms with van der Waals surface area (Å²) in [5, 5.41) is 2.82. The Labute approximate surface area is 199 Å². The molecule has 0 aliphatic heterocycles. The molecule has 0 spiro atoms. The predicted octanol–water partition coefficient (Wildman–Crippen LogP) is 6.82. The minimum atomic E-state index is -0.241. The average Bonchev–Trinajstić information content (AvgIpc) is 3.26. The molecule has 0 unspecified atom stereocenters. The number of carbonyl (C=O) groups is 1. The lowest BCUT2D eigenvalue weighted by atomic mass is 10.0. The quantitative estimate of drug-likeness (QED) is 0.183. The second-order valence-corrected chi connectivity index (χ2v) is 7.43. The number of aromatic nitrogens is 2. The first kappa shape index (κ1) is 22.6. The molecule has 168 valence electrons. The van der Waals surface area contributed by atoms with Crippen molar-refractivity contribution in [1.29, 1.82) is 0 Å². The fourth-order valence-corrected chi connectivity index (χ4v) is 3.57. The highest BCUT2D eigenvalue weighted by atomic mass is 16.5. The zero-order chi connectivity index (χ0) is 23.8. The third-order valence-corrected chi connectivity index (χ3v) is 5.16. The SMILES string of the molecule is C=CC(=O)Nc1cccc(-c2cc(-c3ccc(O/C=C/C=C\C=C/C)cc3)n3cnccc23)c1. The number of nitrogens with one attached hydrogen (secondary N) is 1. The van der Waals surface area contributed by atoms with Gasteiger partial charge in [0.15, 0.2) is 0 Å². The molecule has 1 N–H and O–H groups in total. The van der Waals surface area contributed by atoms with Crippen molar-refractivity contribution >= 4 is 17.1 Å². The fourth-order valence-electron chi connectivity index (χ4n) is 3.57. The van der Waals surface area contributed by atoms with Crippen LogP contribution in [0.5, 0.6) is 5.75 Å². The molecule has 0 aliphatic carbocycles. The van der Waals surface area contributed by atoms with E-state index in [0.29, 0.717) is 5.69 Å². The minimum absolute atomic E-state index is 0.241. The monoisotopic (exact) mass is 447 g/mol. The van der Waals surface area contributed by atoms with E-state index in [0.717, 1.165) is 33.7 Å². The van der Waals surface area contributed by atoms with Crippen molar-refractivity contribution in [2.24, 2.45) is 0 Å². The van der Waals surface area contributed by atoms with Gasteiger partial charge < -0.3 is 10.1 Å². The first-order valence-corrected chi connectivity index (χ1v) is 10.9. The van der Waals surface area contributed by atoms with E-state index in [1.54, 1.807) is 12.5 Å². The predicted molar refractivity (Wildman–Crippen MR) is 139 cm³/mol. The van der Waals surface area contributed by atoms with Gasteiger partial charge >= 0.3 is 0 Å². The Bertz CT molecular complexity index is 1390. The summed E-state index contributed by atoms with van der Waals surface area (Å²) in [6.45, 7) is 5.48. The van der Waals surface area contributed by atoms with Crippen LogP contribution in [-0.4, -0.2) is 15.3 Å². The van der Waals surface area contributed by atoms with Crippen LogP contribution < -0.4 is 10.1 Å². The molecule has 1 amide bonds. The van der Waals surface area contributed by atoms with Gasteiger partial charge in [-0.2, -0.15) is 0 Å². The zero-order valence-electron chi connectivity index (χ0n) is 18.9. The number of hydrogen-bond acceptors (Lipinski definition) is 3. The molecular formula is C29H25N3O2. The van der Waals surface area contributed by atoms with Gasteiger partial charge in [0, 0.05) is 17.4 Å². The second-order valence-electron chi connectivity index (χ2n) is 7.43. The van der Waals surface area contributed by atoms with Gasteiger partial charge in [0.2, 0.25) is 5.91 Å². The van der Waals surface area contributed by atoms with E-state index in [9.17, 15) is 4.79 Å². The van der Waals surface area contributed by atoms with Crippen LogP contribution in [0.2, 0.25) is 0 Å². The highest BCUT2D eigenvalue weighted by Gasteiger charge is 2.13. The van der Waals surface area contributed by atoms with Crippen molar-refractivity contribution in [2.75, 3.05) is 5.32 Å². The first-order valence-electron chi connectivity index (χ1n) is 10.9. The van der Waals surface area contributed by atoms with Crippen molar-refractivity contribution in [3.63, 3.8) is 0 Å². The molecule has 0 bridgehead atoms. The van der Waals surface area contributed by atoms with Crippen molar-refractivity contribution in [3.05, 3.63) is 122 Å². The van der Waals surface area contributed by atoms with Crippen LogP contribution in [-0.2, 0) is 4.79 Å². The average molecular weight is 448 g/mol. The molecule has 2 aromatic carbocycles. The summed E-state index contributed by atoms with van der Waals surface area (Å²) in [7, 11) is 0. The van der Waals surface area contributed by atoms with Crippen LogP contribution in [0.4, 0.5) is 5.69 Å². The Morgan fingerprint density at radius 2 is 1.82 bits per heavy atom. The van der Waals surface area contributed by atoms with E-state index in [1.807, 2.05) is 98.2 Å². The van der Waals surface area contributed by atoms with Gasteiger partial charge in [0.25, 0.3) is 0 Å². The molecule has 0 fully saturated rings. The summed E-state index contributed by atoms with van der Waals surface area (Å²) in [5.74, 6) is 0.513. The van der Waals surface area contributed by atoms with Gasteiger partial charge in [0.05, 0.1) is 23.8 Å². The summed E-state index contributed by atoms with van der Waals surface area (Å²) in [6.07, 6.45) is 16.1. The number of amides is 1. The lowest BCUT2D eigenvalue weighted by Crippen LogP contribution is -2.06. The van der Waals surface area contributed by atoms with Crippen LogP contribution in [0, 0.1) is 0 Å². The molecule has 2 aromatic heterocycles. The standard InChI is InChI=1S/C29H25N3O2/c1-3-5-6-7-8-18-34-25-14-12-22(13-15-25)28-20-26(27-16-17-30-21-32(27)28)23-10-9-11-24(19-23)31-29(33)4-2/h3-21H,2H2,1H3,(H,31,33)/b5-3-,7-6-,18-8+. The number of nitrogens with zero attached hydrogens (tertiary/aromatic N) is 2. The Balaban J connectivity index is 1.63. The maximum Gasteiger partial charge on any atom is 0.247 e. The summed E-state index contributed by atoms with van der Waals surface area (Å²) in [4.78, 5) is 16.0. The highest BCUT2D eigenvalue weighted by molar-refractivity contribution is 5.99. The summed E-state index contributed by atoms with van der Waals surface area (Å²) in [5.41, 5.74) is 5.82. The number of carbonyl (C=O) groups excluding carboxylic acids is 1. The molecule has 5 heteroatoms. The molecule has 0 aliphatic rings. The highest BCUT2D eigenvalue weighted by Crippen LogP contribution is 2.34. The lowest BCUT2D eigenvalue weighted by molar-refractivity contribution is -0.111. The van der Waals surface area contributed by atoms with Crippen LogP contribution in [0.3, 0.4) is 0 Å². The lowest BCUT2D eigenvalue weighted by Gasteiger charge is -2.05. The van der Waals surface area contributed by atoms with Crippen LogP contribution in [0.15, 0.2) is 122 Å². The zero-order valence-corrected chi connectivity index (χ0v) is 18.9. The van der Waals surface area contributed by atoms with Gasteiger partial charge in [-0.05, 0) is 78.7 Å². The van der Waals surface area contributed by atoms with Crippen LogP contribution in [0.1, 0.15) is 6.92 Å². The van der Waals surface area contributed by atoms with Crippen LogP contribution >= 0.6 is 0 Å². The third kappa shape index (κ3) is 5.22. The molecular weight excluding hydrogens is 422 g/mol. The molecule has 0 radical (unpaired) electrons. The van der Waals surface area contributed by atoms with E-state index >= 15 is 0 Å². The van der Waals surface area contributed by atoms with Crippen molar-refractivity contribution in [2.45, 2.75) is 6.92 Å². The van der Waals surface area contributed by atoms with Crippen molar-refractivity contribution in [1.82, 2.24) is 9.38 Å². The molecule has 5 nitrogen and oxygen atoms in total. The number of ether oxygens (including phenoxy) is 1. The van der Waals surface area contributed by atoms with Gasteiger partial charge in [0.1, 0.15) is 5.75 Å². The van der Waals surface area contributed by atoms with Gasteiger partial charge in [-0.25, -0.2) is 4.98 Å². The van der Waals surface area contributed by atoms with Crippen LogP contribution in [0.25, 0.3) is 27.9 Å². The van der Waals surface area contributed by atoms with Gasteiger partial charge in [-0.3, -0.25) is 9.20 Å². The van der Waals surface area contributed by atoms with Gasteiger partial charge in [-0.15, -0.1) is 0 Å². The first-order chi connectivity index (χ1) is 16.7. The maximum atomic E-state index is 11.7. The van der Waals surface area contributed by atoms with Crippen molar-refractivity contribution in [3.8, 4) is 28.1 Å². The largest absolute Gasteiger partial charge is 0.465 e. The maximum absolute atomic E-state index is 11.7. The smallest absolute Gasteiger partial charge is 0.247 e. The Morgan fingerprint density at radius 3 is 2.62 bits per heavy atom. The van der Waals surface area contributed by atoms with Gasteiger partial charge in [-0.1, -0.05) is 43.0 Å². The second kappa shape index (κ2) is 10.8. The van der Waals surface area contributed by atoms with Crippen molar-refractivity contribution < 1.29 is 9.53 Å². The number of rotatable bonds is 8. The Kier molecular flexibility index (Phi) is 7.16. The summed E-state index contributed by atoms with van der Waals surface area (Å²) >= 11 is 0. The summed E-state index contributed by atoms with van der Waals surface area (Å²) in [6, 6.07) is 19.8. The molecule has 0 saturated heterocycles. The number of hydrogen-bond donors (Lipinski definition) is 1. The topological polar surface area (TPSA) is 55.6 Å².